The third-order valence-electron chi connectivity index (χ3n) is 5.66. The molecule has 1 aromatic carbocycles. The van der Waals surface area contributed by atoms with E-state index < -0.39 is 6.09 Å². The fraction of sp³-hybridized carbons (Fsp3) is 0.318. The molecule has 3 heterocycles. The van der Waals surface area contributed by atoms with Crippen LogP contribution in [-0.2, 0) is 22.4 Å². The third kappa shape index (κ3) is 3.54. The Kier molecular flexibility index (Phi) is 4.90. The van der Waals surface area contributed by atoms with Crippen LogP contribution in [0.3, 0.4) is 0 Å². The summed E-state index contributed by atoms with van der Waals surface area (Å²) in [6, 6.07) is 5.82. The quantitative estimate of drug-likeness (QED) is 0.642. The van der Waals surface area contributed by atoms with Crippen LogP contribution in [0.25, 0.3) is 22.6 Å². The topological polar surface area (TPSA) is 105 Å². The number of aromatic hydroxyl groups is 1. The number of rotatable bonds is 4. The number of anilines is 1. The van der Waals surface area contributed by atoms with E-state index in [0.717, 1.165) is 41.6 Å². The van der Waals surface area contributed by atoms with Crippen LogP contribution >= 0.6 is 11.3 Å². The predicted octanol–water partition coefficient (Wildman–Crippen LogP) is 3.73. The molecule has 31 heavy (non-hydrogen) atoms. The van der Waals surface area contributed by atoms with Gasteiger partial charge in [0.2, 0.25) is 5.91 Å². The molecule has 2 aliphatic rings. The van der Waals surface area contributed by atoms with Gasteiger partial charge in [0.1, 0.15) is 17.5 Å². The molecule has 0 saturated carbocycles. The summed E-state index contributed by atoms with van der Waals surface area (Å²) in [5, 5.41) is 20.6. The lowest BCUT2D eigenvalue weighted by Crippen LogP contribution is -2.33. The minimum absolute atomic E-state index is 0.155. The Morgan fingerprint density at radius 1 is 1.32 bits per heavy atom. The van der Waals surface area contributed by atoms with E-state index in [0.29, 0.717) is 30.1 Å². The lowest BCUT2D eigenvalue weighted by molar-refractivity contribution is -0.119. The van der Waals surface area contributed by atoms with Crippen molar-refractivity contribution in [1.82, 2.24) is 10.5 Å². The molecule has 1 aliphatic heterocycles. The number of carbonyl (C=O) groups excluding carboxylic acids is 2. The van der Waals surface area contributed by atoms with E-state index >= 15 is 0 Å². The number of ether oxygens (including phenoxy) is 1. The predicted molar refractivity (Wildman–Crippen MR) is 115 cm³/mol. The van der Waals surface area contributed by atoms with Crippen LogP contribution in [0.4, 0.5) is 10.5 Å². The summed E-state index contributed by atoms with van der Waals surface area (Å²) < 4.78 is 11.1. The van der Waals surface area contributed by atoms with Gasteiger partial charge in [-0.05, 0) is 43.0 Å². The summed E-state index contributed by atoms with van der Waals surface area (Å²) >= 11 is 1.42. The number of aryl methyl sites for hydroxylation is 1. The Hall–Kier alpha value is -3.33. The van der Waals surface area contributed by atoms with E-state index in [1.807, 2.05) is 23.6 Å². The largest absolute Gasteiger partial charge is 0.506 e. The number of benzene rings is 1. The Balaban J connectivity index is 1.44. The minimum Gasteiger partial charge on any atom is -0.506 e. The SMILES string of the molecule is CC(=O)NC[C@H]1CN(c2ccc3c(c2)CCCc2c(-c4cscc4O)noc2-3)C(=O)O1. The van der Waals surface area contributed by atoms with E-state index in [1.165, 1.54) is 18.3 Å². The van der Waals surface area contributed by atoms with Gasteiger partial charge in [-0.25, -0.2) is 4.79 Å². The van der Waals surface area contributed by atoms with Crippen LogP contribution in [0.1, 0.15) is 24.5 Å². The highest BCUT2D eigenvalue weighted by atomic mass is 32.1. The molecule has 1 fully saturated rings. The zero-order valence-corrected chi connectivity index (χ0v) is 17.7. The summed E-state index contributed by atoms with van der Waals surface area (Å²) in [6.45, 7) is 2.11. The monoisotopic (exact) mass is 439 g/mol. The van der Waals surface area contributed by atoms with Gasteiger partial charge in [-0.2, -0.15) is 0 Å². The van der Waals surface area contributed by atoms with Crippen molar-refractivity contribution in [3.8, 4) is 28.3 Å². The van der Waals surface area contributed by atoms with Gasteiger partial charge in [-0.1, -0.05) is 5.16 Å². The Morgan fingerprint density at radius 3 is 2.97 bits per heavy atom. The maximum atomic E-state index is 12.4. The number of nitrogens with one attached hydrogen (secondary N) is 1. The van der Waals surface area contributed by atoms with Crippen LogP contribution in [0.2, 0.25) is 0 Å². The van der Waals surface area contributed by atoms with Gasteiger partial charge in [0, 0.05) is 34.5 Å². The highest BCUT2D eigenvalue weighted by molar-refractivity contribution is 7.08. The highest BCUT2D eigenvalue weighted by Gasteiger charge is 2.33. The number of hydrogen-bond acceptors (Lipinski definition) is 7. The van der Waals surface area contributed by atoms with Crippen molar-refractivity contribution in [2.75, 3.05) is 18.0 Å². The summed E-state index contributed by atoms with van der Waals surface area (Å²) in [6.07, 6.45) is 1.73. The first-order valence-corrected chi connectivity index (χ1v) is 11.1. The van der Waals surface area contributed by atoms with Crippen LogP contribution in [0.5, 0.6) is 5.75 Å². The first-order valence-electron chi connectivity index (χ1n) is 10.1. The molecular weight excluding hydrogens is 418 g/mol. The first kappa shape index (κ1) is 19.6. The molecule has 2 N–H and O–H groups in total. The van der Waals surface area contributed by atoms with Crippen LogP contribution in [-0.4, -0.2) is 41.5 Å². The van der Waals surface area contributed by atoms with Crippen LogP contribution in [0, 0.1) is 0 Å². The number of amides is 2. The molecule has 160 valence electrons. The Labute approximate surface area is 182 Å². The first-order chi connectivity index (χ1) is 15.0. The molecule has 1 atom stereocenters. The molecule has 0 spiro atoms. The van der Waals surface area contributed by atoms with Gasteiger partial charge >= 0.3 is 6.09 Å². The second-order valence-electron chi connectivity index (χ2n) is 7.76. The lowest BCUT2D eigenvalue weighted by atomic mass is 10.0. The van der Waals surface area contributed by atoms with Crippen molar-refractivity contribution in [2.45, 2.75) is 32.3 Å². The van der Waals surface area contributed by atoms with E-state index in [9.17, 15) is 14.7 Å². The van der Waals surface area contributed by atoms with Crippen molar-refractivity contribution in [3.63, 3.8) is 0 Å². The molecule has 2 amide bonds. The molecule has 8 nitrogen and oxygen atoms in total. The standard InChI is InChI=1S/C22H21N3O5S/c1-12(26)23-8-15-9-25(22(28)29-15)14-5-6-16-13(7-14)3-2-4-17-20(24-30-21(16)17)18-10-31-11-19(18)27/h5-7,10-11,15,27H,2-4,8-9H2,1H3,(H,23,26)/t15-/m0/s1. The molecule has 0 unspecified atom stereocenters. The number of fused-ring (bicyclic) bond motifs is 3. The second kappa shape index (κ2) is 7.73. The Bertz CT molecular complexity index is 1170. The lowest BCUT2D eigenvalue weighted by Gasteiger charge is -2.15. The molecule has 1 saturated heterocycles. The Morgan fingerprint density at radius 2 is 2.19 bits per heavy atom. The average Bonchev–Trinajstić information content (AvgIpc) is 3.42. The van der Waals surface area contributed by atoms with Crippen LogP contribution in [0.15, 0.2) is 33.5 Å². The molecule has 0 bridgehead atoms. The fourth-order valence-electron chi connectivity index (χ4n) is 4.16. The summed E-state index contributed by atoms with van der Waals surface area (Å²) in [5.74, 6) is 0.770. The van der Waals surface area contributed by atoms with Crippen molar-refractivity contribution >= 4 is 29.0 Å². The number of aromatic nitrogens is 1. The zero-order chi connectivity index (χ0) is 21.5. The van der Waals surface area contributed by atoms with E-state index in [1.54, 1.807) is 10.3 Å². The van der Waals surface area contributed by atoms with Crippen LogP contribution < -0.4 is 10.2 Å². The normalized spacial score (nSPS) is 17.6. The van der Waals surface area contributed by atoms with Crippen molar-refractivity contribution in [3.05, 3.63) is 40.1 Å². The minimum atomic E-state index is -0.417. The molecule has 5 rings (SSSR count). The van der Waals surface area contributed by atoms with Gasteiger partial charge in [-0.3, -0.25) is 9.69 Å². The smallest absolute Gasteiger partial charge is 0.414 e. The van der Waals surface area contributed by atoms with Crippen molar-refractivity contribution in [2.24, 2.45) is 0 Å². The maximum absolute atomic E-state index is 12.4. The van der Waals surface area contributed by atoms with Crippen molar-refractivity contribution in [1.29, 1.82) is 0 Å². The van der Waals surface area contributed by atoms with Crippen molar-refractivity contribution < 1.29 is 24.0 Å². The summed E-state index contributed by atoms with van der Waals surface area (Å²) in [5.41, 5.74) is 5.16. The van der Waals surface area contributed by atoms with E-state index in [4.69, 9.17) is 9.26 Å². The van der Waals surface area contributed by atoms with E-state index in [2.05, 4.69) is 10.5 Å². The van der Waals surface area contributed by atoms with Gasteiger partial charge in [0.05, 0.1) is 18.7 Å². The molecule has 3 aromatic rings. The fourth-order valence-corrected chi connectivity index (χ4v) is 4.85. The number of cyclic esters (lactones) is 1. The van der Waals surface area contributed by atoms with Gasteiger partial charge in [0.15, 0.2) is 5.76 Å². The highest BCUT2D eigenvalue weighted by Crippen LogP contribution is 2.42. The van der Waals surface area contributed by atoms with Gasteiger partial charge in [0.25, 0.3) is 0 Å². The molecule has 1 aliphatic carbocycles. The molecule has 0 radical (unpaired) electrons. The van der Waals surface area contributed by atoms with Gasteiger partial charge in [-0.15, -0.1) is 11.3 Å². The number of hydrogen-bond donors (Lipinski definition) is 2. The van der Waals surface area contributed by atoms with Gasteiger partial charge < -0.3 is 19.7 Å². The number of nitrogens with zero attached hydrogens (tertiary/aromatic N) is 2. The molecular formula is C22H21N3O5S. The third-order valence-corrected chi connectivity index (χ3v) is 6.39. The van der Waals surface area contributed by atoms with E-state index in [-0.39, 0.29) is 17.8 Å². The maximum Gasteiger partial charge on any atom is 0.414 e. The number of thiophene rings is 1. The molecule has 9 heteroatoms. The number of carbonyl (C=O) groups is 2. The zero-order valence-electron chi connectivity index (χ0n) is 16.9. The second-order valence-corrected chi connectivity index (χ2v) is 8.50. The summed E-state index contributed by atoms with van der Waals surface area (Å²) in [4.78, 5) is 25.1. The summed E-state index contributed by atoms with van der Waals surface area (Å²) in [7, 11) is 0. The molecule has 2 aromatic heterocycles. The average molecular weight is 439 g/mol.